The average Bonchev–Trinajstić information content (AvgIpc) is 4.11. The fourth-order valence-corrected chi connectivity index (χ4v) is 10.1. The van der Waals surface area contributed by atoms with Gasteiger partial charge in [-0.05, 0) is 81.1 Å². The van der Waals surface area contributed by atoms with E-state index in [1.54, 1.807) is 0 Å². The Labute approximate surface area is 382 Å². The topological polar surface area (TPSA) is 49.5 Å². The number of nitrogens with zero attached hydrogens (tertiary/aromatic N) is 1. The third kappa shape index (κ3) is 19.8. The van der Waals surface area contributed by atoms with E-state index in [0.29, 0.717) is 5.92 Å². The summed E-state index contributed by atoms with van der Waals surface area (Å²) in [6.07, 6.45) is 39.1. The summed E-state index contributed by atoms with van der Waals surface area (Å²) in [5.74, 6) is 2.79. The van der Waals surface area contributed by atoms with Crippen molar-refractivity contribution in [1.82, 2.24) is 4.90 Å². The fourth-order valence-electron chi connectivity index (χ4n) is 10.1. The van der Waals surface area contributed by atoms with Crippen molar-refractivity contribution < 1.29 is 24.6 Å². The van der Waals surface area contributed by atoms with Crippen LogP contribution in [-0.4, -0.2) is 37.3 Å². The maximum atomic E-state index is 7.00. The maximum absolute atomic E-state index is 7.00. The number of nitrogens with two attached hydrogens (primary N) is 1. The van der Waals surface area contributed by atoms with Crippen molar-refractivity contribution >= 4 is 0 Å². The molecule has 0 saturated heterocycles. The molecule has 0 aromatic heterocycles. The van der Waals surface area contributed by atoms with Crippen molar-refractivity contribution in [2.75, 3.05) is 27.2 Å². The standard InChI is InChI=1S/C38H62N.C13H20.C2H6.CH5N.CH4O.Rh/c1-8-13-15-17-19-20-22-27-31-39(30-26-21-18-16-14-9-2)34(7)37(12-5)38(33(6)10-3)32-35(11-4)36-28-24-23-25-29-36;1-2-11-10-12(8-9-12)13(11)6-4-3-5-7-13;3*1-2;/h10-11,23-25,28-29,37-38H,3-4,6-9,12-22,26-27,30-32H2,1-2,5H3;2,11H,1,3-10H2;1-2H3;2H2,1H3;2H,1H3;/q-1;;;;;. The molecule has 1 aromatic rings. The van der Waals surface area contributed by atoms with Crippen LogP contribution in [0.25, 0.3) is 0 Å². The first-order valence-electron chi connectivity index (χ1n) is 24.3. The Kier molecular flexibility index (Phi) is 36.9. The summed E-state index contributed by atoms with van der Waals surface area (Å²) in [6.45, 7) is 34.7. The monoisotopic (exact) mass is 905 g/mol. The summed E-state index contributed by atoms with van der Waals surface area (Å²) in [4.78, 5) is 2.64. The molecule has 3 aliphatic rings. The summed E-state index contributed by atoms with van der Waals surface area (Å²) in [5, 5.41) is 7.00. The van der Waals surface area contributed by atoms with E-state index < -0.39 is 0 Å². The summed E-state index contributed by atoms with van der Waals surface area (Å²) in [6, 6.07) is 10.7. The van der Waals surface area contributed by atoms with Gasteiger partial charge in [0.05, 0.1) is 0 Å². The van der Waals surface area contributed by atoms with Crippen LogP contribution in [0.4, 0.5) is 0 Å². The summed E-state index contributed by atoms with van der Waals surface area (Å²) in [7, 11) is 2.50. The molecule has 3 nitrogen and oxygen atoms in total. The third-order valence-corrected chi connectivity index (χ3v) is 13.7. The Morgan fingerprint density at radius 1 is 0.746 bits per heavy atom. The number of hydrogen-bond donors (Lipinski definition) is 2. The predicted molar refractivity (Wildman–Crippen MR) is 262 cm³/mol. The minimum Gasteiger partial charge on any atom is -0.400 e. The Balaban J connectivity index is 0. The number of benzene rings is 1. The minimum absolute atomic E-state index is 0. The molecule has 0 heterocycles. The molecule has 0 amide bonds. The molecule has 2 spiro atoms. The van der Waals surface area contributed by atoms with Gasteiger partial charge in [-0.1, -0.05) is 181 Å². The van der Waals surface area contributed by atoms with Crippen LogP contribution in [0.15, 0.2) is 92.7 Å². The quantitative estimate of drug-likeness (QED) is 0.0304. The van der Waals surface area contributed by atoms with E-state index in [2.05, 4.69) is 94.1 Å². The Morgan fingerprint density at radius 3 is 1.63 bits per heavy atom. The van der Waals surface area contributed by atoms with Crippen LogP contribution in [0.3, 0.4) is 0 Å². The maximum Gasteiger partial charge on any atom is 0.0319 e. The summed E-state index contributed by atoms with van der Waals surface area (Å²) >= 11 is 0. The SMILES string of the molecule is C=CC(=C)C(C[C-](C=C)c1ccccc1)C(CC)C(=C)N(CCCCCCCC)CCCCCCCCCC.C=CC1CC2(CC2)C12CCCCC2.CC.CN.CO.[Rh]. The van der Waals surface area contributed by atoms with Crippen molar-refractivity contribution in [3.63, 3.8) is 0 Å². The minimum atomic E-state index is 0. The number of unbranched alkanes of at least 4 members (excludes halogenated alkanes) is 12. The first-order valence-corrected chi connectivity index (χ1v) is 24.3. The van der Waals surface area contributed by atoms with Gasteiger partial charge in [0.2, 0.25) is 0 Å². The summed E-state index contributed by atoms with van der Waals surface area (Å²) in [5.41, 5.74) is 9.76. The fraction of sp³-hybridized carbons (Fsp3) is 0.691. The molecule has 4 heteroatoms. The first-order chi connectivity index (χ1) is 28.4. The second-order valence-corrected chi connectivity index (χ2v) is 17.0. The third-order valence-electron chi connectivity index (χ3n) is 13.7. The molecule has 3 aliphatic carbocycles. The van der Waals surface area contributed by atoms with E-state index >= 15 is 0 Å². The van der Waals surface area contributed by atoms with E-state index in [-0.39, 0.29) is 25.4 Å². The van der Waals surface area contributed by atoms with Crippen molar-refractivity contribution in [2.45, 2.75) is 189 Å². The molecule has 4 rings (SSSR count). The molecule has 3 unspecified atom stereocenters. The molecule has 3 N–H and O–H groups in total. The molecule has 0 aliphatic heterocycles. The Bertz CT molecular complexity index is 1180. The van der Waals surface area contributed by atoms with Crippen LogP contribution in [0, 0.1) is 34.5 Å². The predicted octanol–water partition coefficient (Wildman–Crippen LogP) is 16.0. The molecule has 3 atom stereocenters. The van der Waals surface area contributed by atoms with E-state index in [9.17, 15) is 0 Å². The first kappa shape index (κ1) is 59.2. The van der Waals surface area contributed by atoms with Crippen molar-refractivity contribution in [2.24, 2.45) is 34.3 Å². The van der Waals surface area contributed by atoms with Crippen molar-refractivity contribution in [3.8, 4) is 0 Å². The second-order valence-electron chi connectivity index (χ2n) is 17.0. The van der Waals surface area contributed by atoms with Crippen molar-refractivity contribution in [1.29, 1.82) is 0 Å². The Hall–Kier alpha value is -1.87. The number of fused-ring (bicyclic) bond motifs is 1. The number of aliphatic hydroxyl groups is 1. The molecule has 1 aromatic carbocycles. The van der Waals surface area contributed by atoms with Crippen LogP contribution in [0.2, 0.25) is 0 Å². The molecular formula is C55H97N2ORh-. The molecule has 0 bridgehead atoms. The molecule has 59 heavy (non-hydrogen) atoms. The van der Waals surface area contributed by atoms with Crippen LogP contribution in [0.1, 0.15) is 194 Å². The molecular weight excluding hydrogens is 808 g/mol. The molecule has 3 fully saturated rings. The average molecular weight is 905 g/mol. The number of aliphatic hydroxyl groups excluding tert-OH is 1. The zero-order valence-electron chi connectivity index (χ0n) is 40.1. The molecule has 1 radical (unpaired) electrons. The van der Waals surface area contributed by atoms with Gasteiger partial charge < -0.3 is 15.7 Å². The van der Waals surface area contributed by atoms with Gasteiger partial charge in [0, 0.05) is 51.3 Å². The number of allylic oxidation sites excluding steroid dienone is 5. The number of hydrogen-bond acceptors (Lipinski definition) is 3. The van der Waals surface area contributed by atoms with Gasteiger partial charge in [0.1, 0.15) is 0 Å². The van der Waals surface area contributed by atoms with Crippen LogP contribution in [-0.2, 0) is 19.5 Å². The van der Waals surface area contributed by atoms with Gasteiger partial charge in [0.25, 0.3) is 0 Å². The Morgan fingerprint density at radius 2 is 1.22 bits per heavy atom. The van der Waals surface area contributed by atoms with Gasteiger partial charge in [-0.3, -0.25) is 0 Å². The molecule has 343 valence electrons. The van der Waals surface area contributed by atoms with E-state index in [1.165, 1.54) is 165 Å². The van der Waals surface area contributed by atoms with E-state index in [4.69, 9.17) is 11.7 Å². The van der Waals surface area contributed by atoms with Crippen LogP contribution < -0.4 is 5.73 Å². The second kappa shape index (κ2) is 36.8. The number of rotatable bonds is 27. The van der Waals surface area contributed by atoms with Crippen LogP contribution >= 0.6 is 0 Å². The normalized spacial score (nSPS) is 17.1. The van der Waals surface area contributed by atoms with E-state index in [0.717, 1.165) is 55.4 Å². The zero-order chi connectivity index (χ0) is 43.7. The molecule has 3 saturated carbocycles. The van der Waals surface area contributed by atoms with Gasteiger partial charge in [-0.2, -0.15) is 6.58 Å². The zero-order valence-corrected chi connectivity index (χ0v) is 41.7. The van der Waals surface area contributed by atoms with Gasteiger partial charge >= 0.3 is 0 Å². The summed E-state index contributed by atoms with van der Waals surface area (Å²) < 4.78 is 0. The van der Waals surface area contributed by atoms with Gasteiger partial charge in [-0.15, -0.1) is 48.4 Å². The van der Waals surface area contributed by atoms with Crippen LogP contribution in [0.5, 0.6) is 0 Å². The van der Waals surface area contributed by atoms with Crippen molar-refractivity contribution in [3.05, 3.63) is 104 Å². The largest absolute Gasteiger partial charge is 0.400 e. The van der Waals surface area contributed by atoms with E-state index in [1.807, 2.05) is 26.0 Å². The van der Waals surface area contributed by atoms with Gasteiger partial charge in [0.15, 0.2) is 0 Å². The van der Waals surface area contributed by atoms with Gasteiger partial charge in [-0.25, -0.2) is 0 Å². The smallest absolute Gasteiger partial charge is 0.0319 e.